The second kappa shape index (κ2) is 5.88. The van der Waals surface area contributed by atoms with Gasteiger partial charge in [-0.15, -0.1) is 0 Å². The van der Waals surface area contributed by atoms with Gasteiger partial charge in [0.05, 0.1) is 12.1 Å². The Morgan fingerprint density at radius 1 is 1.19 bits per heavy atom. The van der Waals surface area contributed by atoms with Crippen LogP contribution in [0.2, 0.25) is 0 Å². The molecular weight excluding hydrogens is 292 g/mol. The second-order valence-electron chi connectivity index (χ2n) is 4.85. The van der Waals surface area contributed by atoms with Crippen LogP contribution in [0.15, 0.2) is 18.2 Å². The number of benzene rings is 1. The van der Waals surface area contributed by atoms with Gasteiger partial charge in [0.25, 0.3) is 0 Å². The third kappa shape index (κ3) is 4.07. The zero-order valence-electron chi connectivity index (χ0n) is 11.0. The van der Waals surface area contributed by atoms with Gasteiger partial charge in [0.1, 0.15) is 5.82 Å². The number of carboxylic acids is 1. The normalized spacial score (nSPS) is 17.0. The van der Waals surface area contributed by atoms with Crippen molar-refractivity contribution in [1.82, 2.24) is 4.90 Å². The van der Waals surface area contributed by atoms with E-state index in [-0.39, 0.29) is 13.1 Å². The number of hydrogen-bond donors (Lipinski definition) is 1. The minimum Gasteiger partial charge on any atom is -0.478 e. The van der Waals surface area contributed by atoms with Crippen molar-refractivity contribution in [2.45, 2.75) is 6.18 Å². The number of alkyl halides is 3. The summed E-state index contributed by atoms with van der Waals surface area (Å²) in [6.45, 7) is 0.167. The van der Waals surface area contributed by atoms with Crippen LogP contribution in [0, 0.1) is 5.82 Å². The summed E-state index contributed by atoms with van der Waals surface area (Å²) in [5.41, 5.74) is 0.0543. The number of aromatic carboxylic acids is 1. The van der Waals surface area contributed by atoms with Gasteiger partial charge in [-0.1, -0.05) is 0 Å². The Hall–Kier alpha value is -1.83. The molecule has 0 saturated carbocycles. The van der Waals surface area contributed by atoms with Crippen LogP contribution in [-0.2, 0) is 0 Å². The molecule has 1 aliphatic rings. The maximum Gasteiger partial charge on any atom is 0.401 e. The molecule has 1 aliphatic heterocycles. The molecule has 2 rings (SSSR count). The van der Waals surface area contributed by atoms with E-state index in [9.17, 15) is 22.4 Å². The maximum absolute atomic E-state index is 13.6. The minimum atomic E-state index is -4.22. The first kappa shape index (κ1) is 15.6. The lowest BCUT2D eigenvalue weighted by atomic mass is 10.1. The summed E-state index contributed by atoms with van der Waals surface area (Å²) < 4.78 is 50.4. The van der Waals surface area contributed by atoms with Crippen molar-refractivity contribution in [3.63, 3.8) is 0 Å². The molecule has 0 radical (unpaired) electrons. The van der Waals surface area contributed by atoms with E-state index in [4.69, 9.17) is 5.11 Å². The van der Waals surface area contributed by atoms with Crippen molar-refractivity contribution in [1.29, 1.82) is 0 Å². The van der Waals surface area contributed by atoms with E-state index in [0.717, 1.165) is 12.1 Å². The highest BCUT2D eigenvalue weighted by Crippen LogP contribution is 2.22. The molecule has 1 fully saturated rings. The van der Waals surface area contributed by atoms with E-state index in [0.29, 0.717) is 18.8 Å². The molecule has 0 spiro atoms. The van der Waals surface area contributed by atoms with Crippen molar-refractivity contribution in [3.8, 4) is 0 Å². The Morgan fingerprint density at radius 3 is 2.29 bits per heavy atom. The SMILES string of the molecule is O=C(O)c1ccc(N2CCN(CC(F)(F)F)CC2)cc1F. The van der Waals surface area contributed by atoms with Crippen LogP contribution < -0.4 is 4.90 Å². The number of anilines is 1. The number of carboxylic acid groups (broad SMARTS) is 1. The quantitative estimate of drug-likeness (QED) is 0.870. The van der Waals surface area contributed by atoms with Crippen molar-refractivity contribution in [2.24, 2.45) is 0 Å². The first-order valence-electron chi connectivity index (χ1n) is 6.33. The number of piperazine rings is 1. The highest BCUT2D eigenvalue weighted by molar-refractivity contribution is 5.88. The molecular formula is C13H14F4N2O2. The van der Waals surface area contributed by atoms with Gasteiger partial charge in [-0.05, 0) is 18.2 Å². The van der Waals surface area contributed by atoms with Gasteiger partial charge in [-0.3, -0.25) is 4.90 Å². The summed E-state index contributed by atoms with van der Waals surface area (Å²) in [5, 5.41) is 8.74. The molecule has 1 saturated heterocycles. The summed E-state index contributed by atoms with van der Waals surface area (Å²) in [5.74, 6) is -2.20. The van der Waals surface area contributed by atoms with Gasteiger partial charge >= 0.3 is 12.1 Å². The number of rotatable bonds is 3. The topological polar surface area (TPSA) is 43.8 Å². The first-order valence-corrected chi connectivity index (χ1v) is 6.33. The largest absolute Gasteiger partial charge is 0.478 e. The van der Waals surface area contributed by atoms with Gasteiger partial charge in [-0.2, -0.15) is 13.2 Å². The van der Waals surface area contributed by atoms with Crippen LogP contribution in [0.1, 0.15) is 10.4 Å². The molecule has 0 aromatic heterocycles. The number of carbonyl (C=O) groups is 1. The number of halogens is 4. The monoisotopic (exact) mass is 306 g/mol. The molecule has 8 heteroatoms. The molecule has 0 atom stereocenters. The molecule has 0 amide bonds. The molecule has 1 heterocycles. The van der Waals surface area contributed by atoms with Gasteiger partial charge in [0, 0.05) is 31.9 Å². The fourth-order valence-corrected chi connectivity index (χ4v) is 2.29. The molecule has 1 N–H and O–H groups in total. The van der Waals surface area contributed by atoms with Crippen LogP contribution in [0.25, 0.3) is 0 Å². The predicted molar refractivity (Wildman–Crippen MR) is 68.1 cm³/mol. The molecule has 21 heavy (non-hydrogen) atoms. The molecule has 0 bridgehead atoms. The summed E-state index contributed by atoms with van der Waals surface area (Å²) in [6, 6.07) is 3.73. The average Bonchev–Trinajstić information content (AvgIpc) is 2.37. The first-order chi connectivity index (χ1) is 9.76. The lowest BCUT2D eigenvalue weighted by Crippen LogP contribution is -2.49. The lowest BCUT2D eigenvalue weighted by molar-refractivity contribution is -0.146. The number of nitrogens with zero attached hydrogens (tertiary/aromatic N) is 2. The number of hydrogen-bond acceptors (Lipinski definition) is 3. The van der Waals surface area contributed by atoms with Crippen molar-refractivity contribution in [3.05, 3.63) is 29.6 Å². The van der Waals surface area contributed by atoms with Crippen LogP contribution >= 0.6 is 0 Å². The minimum absolute atomic E-state index is 0.224. The van der Waals surface area contributed by atoms with E-state index in [1.165, 1.54) is 11.0 Å². The summed E-state index contributed by atoms with van der Waals surface area (Å²) in [4.78, 5) is 13.7. The van der Waals surface area contributed by atoms with Crippen molar-refractivity contribution in [2.75, 3.05) is 37.6 Å². The van der Waals surface area contributed by atoms with Crippen molar-refractivity contribution < 1.29 is 27.5 Å². The third-order valence-corrected chi connectivity index (χ3v) is 3.32. The molecule has 1 aromatic carbocycles. The zero-order valence-corrected chi connectivity index (χ0v) is 11.0. The molecule has 116 valence electrons. The fraction of sp³-hybridized carbons (Fsp3) is 0.462. The molecule has 4 nitrogen and oxygen atoms in total. The zero-order chi connectivity index (χ0) is 15.6. The summed E-state index contributed by atoms with van der Waals surface area (Å²) in [6.07, 6.45) is -4.22. The second-order valence-corrected chi connectivity index (χ2v) is 4.85. The van der Waals surface area contributed by atoms with E-state index in [2.05, 4.69) is 0 Å². The van der Waals surface area contributed by atoms with E-state index < -0.39 is 30.1 Å². The van der Waals surface area contributed by atoms with Crippen LogP contribution in [0.5, 0.6) is 0 Å². The standard InChI is InChI=1S/C13H14F4N2O2/c14-11-7-9(1-2-10(11)12(20)21)19-5-3-18(4-6-19)8-13(15,16)17/h1-2,7H,3-6,8H2,(H,20,21). The third-order valence-electron chi connectivity index (χ3n) is 3.32. The van der Waals surface area contributed by atoms with E-state index in [1.807, 2.05) is 0 Å². The van der Waals surface area contributed by atoms with Crippen molar-refractivity contribution >= 4 is 11.7 Å². The summed E-state index contributed by atoms with van der Waals surface area (Å²) in [7, 11) is 0. The van der Waals surface area contributed by atoms with Gasteiger partial charge in [-0.25, -0.2) is 9.18 Å². The fourth-order valence-electron chi connectivity index (χ4n) is 2.29. The van der Waals surface area contributed by atoms with Crippen LogP contribution in [-0.4, -0.2) is 54.9 Å². The molecule has 0 unspecified atom stereocenters. The molecule has 1 aromatic rings. The van der Waals surface area contributed by atoms with Crippen LogP contribution in [0.3, 0.4) is 0 Å². The maximum atomic E-state index is 13.6. The average molecular weight is 306 g/mol. The van der Waals surface area contributed by atoms with Gasteiger partial charge in [0.2, 0.25) is 0 Å². The summed E-state index contributed by atoms with van der Waals surface area (Å²) >= 11 is 0. The Kier molecular flexibility index (Phi) is 4.36. The lowest BCUT2D eigenvalue weighted by Gasteiger charge is -2.36. The highest BCUT2D eigenvalue weighted by Gasteiger charge is 2.32. The highest BCUT2D eigenvalue weighted by atomic mass is 19.4. The Labute approximate surface area is 118 Å². The van der Waals surface area contributed by atoms with Gasteiger partial charge in [0.15, 0.2) is 0 Å². The Bertz CT molecular complexity index is 525. The van der Waals surface area contributed by atoms with E-state index in [1.54, 1.807) is 4.90 Å². The Morgan fingerprint density at radius 2 is 1.81 bits per heavy atom. The predicted octanol–water partition coefficient (Wildman–Crippen LogP) is 2.21. The van der Waals surface area contributed by atoms with E-state index >= 15 is 0 Å². The smallest absolute Gasteiger partial charge is 0.401 e. The molecule has 0 aliphatic carbocycles. The van der Waals surface area contributed by atoms with Crippen LogP contribution in [0.4, 0.5) is 23.2 Å². The van der Waals surface area contributed by atoms with Gasteiger partial charge < -0.3 is 10.0 Å². The Balaban J connectivity index is 1.99.